The Morgan fingerprint density at radius 2 is 2.22 bits per heavy atom. The van der Waals surface area contributed by atoms with Gasteiger partial charge in [-0.05, 0) is 44.4 Å². The van der Waals surface area contributed by atoms with Crippen LogP contribution in [0.5, 0.6) is 0 Å². The SMILES string of the molecule is CCn1cnnc1-c1ccccc1NC(=O)[C@@H]1CCC[C@@H]1CN. The molecule has 1 saturated carbocycles. The second-order valence-electron chi connectivity index (χ2n) is 6.01. The van der Waals surface area contributed by atoms with E-state index in [9.17, 15) is 4.79 Å². The molecule has 1 aromatic carbocycles. The van der Waals surface area contributed by atoms with Crippen LogP contribution in [0.3, 0.4) is 0 Å². The topological polar surface area (TPSA) is 85.8 Å². The number of amides is 1. The summed E-state index contributed by atoms with van der Waals surface area (Å²) in [5.74, 6) is 1.14. The van der Waals surface area contributed by atoms with Gasteiger partial charge in [-0.2, -0.15) is 0 Å². The van der Waals surface area contributed by atoms with Crippen LogP contribution in [0.25, 0.3) is 11.4 Å². The van der Waals surface area contributed by atoms with Gasteiger partial charge in [-0.15, -0.1) is 10.2 Å². The van der Waals surface area contributed by atoms with Crippen LogP contribution < -0.4 is 11.1 Å². The molecule has 0 unspecified atom stereocenters. The van der Waals surface area contributed by atoms with Crippen LogP contribution in [0.2, 0.25) is 0 Å². The van der Waals surface area contributed by atoms with Gasteiger partial charge in [0.1, 0.15) is 6.33 Å². The van der Waals surface area contributed by atoms with Crippen molar-refractivity contribution in [2.45, 2.75) is 32.7 Å². The number of carbonyl (C=O) groups is 1. The third-order valence-corrected chi connectivity index (χ3v) is 4.68. The minimum atomic E-state index is 0.0112. The predicted molar refractivity (Wildman–Crippen MR) is 89.6 cm³/mol. The van der Waals surface area contributed by atoms with Crippen LogP contribution >= 0.6 is 0 Å². The molecule has 6 heteroatoms. The third kappa shape index (κ3) is 3.12. The molecule has 3 rings (SSSR count). The average molecular weight is 313 g/mol. The van der Waals surface area contributed by atoms with Gasteiger partial charge in [0, 0.05) is 18.0 Å². The molecule has 0 radical (unpaired) electrons. The summed E-state index contributed by atoms with van der Waals surface area (Å²) in [5.41, 5.74) is 7.47. The number of para-hydroxylation sites is 1. The molecule has 2 atom stereocenters. The molecule has 0 saturated heterocycles. The first-order valence-corrected chi connectivity index (χ1v) is 8.22. The van der Waals surface area contributed by atoms with Gasteiger partial charge >= 0.3 is 0 Å². The van der Waals surface area contributed by atoms with Crippen molar-refractivity contribution in [1.82, 2.24) is 14.8 Å². The van der Waals surface area contributed by atoms with E-state index in [2.05, 4.69) is 15.5 Å². The van der Waals surface area contributed by atoms with E-state index in [1.54, 1.807) is 6.33 Å². The maximum atomic E-state index is 12.7. The maximum Gasteiger partial charge on any atom is 0.227 e. The highest BCUT2D eigenvalue weighted by molar-refractivity contribution is 5.96. The maximum absolute atomic E-state index is 12.7. The van der Waals surface area contributed by atoms with Crippen molar-refractivity contribution in [2.75, 3.05) is 11.9 Å². The summed E-state index contributed by atoms with van der Waals surface area (Å²) < 4.78 is 1.96. The number of rotatable bonds is 5. The molecule has 3 N–H and O–H groups in total. The monoisotopic (exact) mass is 313 g/mol. The molecule has 1 aromatic heterocycles. The van der Waals surface area contributed by atoms with Crippen LogP contribution in [0.4, 0.5) is 5.69 Å². The number of aryl methyl sites for hydroxylation is 1. The number of nitrogens with two attached hydrogens (primary N) is 1. The quantitative estimate of drug-likeness (QED) is 0.886. The van der Waals surface area contributed by atoms with E-state index in [4.69, 9.17) is 5.73 Å². The fourth-order valence-corrected chi connectivity index (χ4v) is 3.37. The zero-order valence-electron chi connectivity index (χ0n) is 13.4. The fraction of sp³-hybridized carbons (Fsp3) is 0.471. The Hall–Kier alpha value is -2.21. The summed E-state index contributed by atoms with van der Waals surface area (Å²) in [6, 6.07) is 7.73. The van der Waals surface area contributed by atoms with Gasteiger partial charge in [0.25, 0.3) is 0 Å². The van der Waals surface area contributed by atoms with Crippen molar-refractivity contribution in [3.05, 3.63) is 30.6 Å². The van der Waals surface area contributed by atoms with Gasteiger partial charge in [0.05, 0.1) is 5.69 Å². The number of aromatic nitrogens is 3. The molecule has 1 fully saturated rings. The Balaban J connectivity index is 1.85. The average Bonchev–Trinajstić information content (AvgIpc) is 3.23. The molecule has 0 spiro atoms. The van der Waals surface area contributed by atoms with E-state index in [0.717, 1.165) is 42.9 Å². The molecule has 0 bridgehead atoms. The molecule has 2 aromatic rings. The van der Waals surface area contributed by atoms with Gasteiger partial charge in [-0.3, -0.25) is 4.79 Å². The molecule has 0 aliphatic heterocycles. The standard InChI is InChI=1S/C17H23N5O/c1-2-22-11-19-21-16(22)14-7-3-4-9-15(14)20-17(23)13-8-5-6-12(13)10-18/h3-4,7,9,11-13H,2,5-6,8,10,18H2,1H3,(H,20,23)/t12-,13-/m1/s1. The molecular formula is C17H23N5O. The smallest absolute Gasteiger partial charge is 0.227 e. The first-order valence-electron chi connectivity index (χ1n) is 8.22. The molecule has 1 aliphatic carbocycles. The van der Waals surface area contributed by atoms with Crippen molar-refractivity contribution in [3.8, 4) is 11.4 Å². The Morgan fingerprint density at radius 1 is 1.39 bits per heavy atom. The van der Waals surface area contributed by atoms with Gasteiger partial charge in [0.2, 0.25) is 5.91 Å². The minimum absolute atomic E-state index is 0.0112. The van der Waals surface area contributed by atoms with Crippen molar-refractivity contribution < 1.29 is 4.79 Å². The predicted octanol–water partition coefficient (Wildman–Crippen LogP) is 2.28. The number of nitrogens with zero attached hydrogens (tertiary/aromatic N) is 3. The van der Waals surface area contributed by atoms with E-state index in [1.807, 2.05) is 35.8 Å². The van der Waals surface area contributed by atoms with Crippen molar-refractivity contribution in [3.63, 3.8) is 0 Å². The van der Waals surface area contributed by atoms with E-state index in [-0.39, 0.29) is 11.8 Å². The third-order valence-electron chi connectivity index (χ3n) is 4.68. The fourth-order valence-electron chi connectivity index (χ4n) is 3.37. The van der Waals surface area contributed by atoms with Crippen LogP contribution in [-0.4, -0.2) is 27.2 Å². The molecule has 23 heavy (non-hydrogen) atoms. The molecular weight excluding hydrogens is 290 g/mol. The molecule has 1 heterocycles. The van der Waals surface area contributed by atoms with Crippen LogP contribution in [0.15, 0.2) is 30.6 Å². The summed E-state index contributed by atoms with van der Waals surface area (Å²) in [6.07, 6.45) is 4.74. The summed E-state index contributed by atoms with van der Waals surface area (Å²) in [4.78, 5) is 12.7. The van der Waals surface area contributed by atoms with E-state index in [1.165, 1.54) is 0 Å². The number of anilines is 1. The Labute approximate surface area is 136 Å². The second kappa shape index (κ2) is 6.91. The lowest BCUT2D eigenvalue weighted by Crippen LogP contribution is -2.29. The van der Waals surface area contributed by atoms with Gasteiger partial charge < -0.3 is 15.6 Å². The van der Waals surface area contributed by atoms with Crippen LogP contribution in [-0.2, 0) is 11.3 Å². The molecule has 1 amide bonds. The molecule has 1 aliphatic rings. The summed E-state index contributed by atoms with van der Waals surface area (Å²) in [5, 5.41) is 11.3. The zero-order valence-corrected chi connectivity index (χ0v) is 13.4. The van der Waals surface area contributed by atoms with Crippen molar-refractivity contribution in [2.24, 2.45) is 17.6 Å². The lowest BCUT2D eigenvalue weighted by molar-refractivity contribution is -0.120. The normalized spacial score (nSPS) is 20.6. The lowest BCUT2D eigenvalue weighted by Gasteiger charge is -2.18. The highest BCUT2D eigenvalue weighted by atomic mass is 16.1. The number of hydrogen-bond acceptors (Lipinski definition) is 4. The molecule has 6 nitrogen and oxygen atoms in total. The van der Waals surface area contributed by atoms with Gasteiger partial charge in [0.15, 0.2) is 5.82 Å². The number of nitrogens with one attached hydrogen (secondary N) is 1. The first kappa shape index (κ1) is 15.7. The second-order valence-corrected chi connectivity index (χ2v) is 6.01. The number of benzene rings is 1. The van der Waals surface area contributed by atoms with Crippen molar-refractivity contribution in [1.29, 1.82) is 0 Å². The zero-order chi connectivity index (χ0) is 16.2. The van der Waals surface area contributed by atoms with E-state index >= 15 is 0 Å². The van der Waals surface area contributed by atoms with E-state index in [0.29, 0.717) is 12.5 Å². The van der Waals surface area contributed by atoms with Crippen LogP contribution in [0, 0.1) is 11.8 Å². The van der Waals surface area contributed by atoms with E-state index < -0.39 is 0 Å². The highest BCUT2D eigenvalue weighted by Crippen LogP contribution is 2.33. The summed E-state index contributed by atoms with van der Waals surface area (Å²) in [6.45, 7) is 3.39. The summed E-state index contributed by atoms with van der Waals surface area (Å²) >= 11 is 0. The van der Waals surface area contributed by atoms with Crippen LogP contribution in [0.1, 0.15) is 26.2 Å². The number of carbonyl (C=O) groups excluding carboxylic acids is 1. The van der Waals surface area contributed by atoms with Gasteiger partial charge in [-0.1, -0.05) is 18.6 Å². The summed E-state index contributed by atoms with van der Waals surface area (Å²) in [7, 11) is 0. The Bertz CT molecular complexity index is 681. The highest BCUT2D eigenvalue weighted by Gasteiger charge is 2.32. The minimum Gasteiger partial charge on any atom is -0.330 e. The number of hydrogen-bond donors (Lipinski definition) is 2. The first-order chi connectivity index (χ1) is 11.2. The Morgan fingerprint density at radius 3 is 3.00 bits per heavy atom. The molecule has 122 valence electrons. The van der Waals surface area contributed by atoms with Gasteiger partial charge in [-0.25, -0.2) is 0 Å². The van der Waals surface area contributed by atoms with Crippen molar-refractivity contribution >= 4 is 11.6 Å². The Kier molecular flexibility index (Phi) is 4.71. The largest absolute Gasteiger partial charge is 0.330 e. The lowest BCUT2D eigenvalue weighted by atomic mass is 9.95.